The second-order valence-electron chi connectivity index (χ2n) is 2.60. The zero-order valence-corrected chi connectivity index (χ0v) is 7.23. The summed E-state index contributed by atoms with van der Waals surface area (Å²) in [5, 5.41) is 7.65. The molecule has 0 amide bonds. The average Bonchev–Trinajstić information content (AvgIpc) is 2.31. The van der Waals surface area contributed by atoms with Gasteiger partial charge in [0.15, 0.2) is 0 Å². The first-order valence-corrected chi connectivity index (χ1v) is 3.76. The summed E-state index contributed by atoms with van der Waals surface area (Å²) < 4.78 is 1.84. The number of aryl methyl sites for hydroxylation is 2. The van der Waals surface area contributed by atoms with Crippen LogP contribution < -0.4 is 0 Å². The van der Waals surface area contributed by atoms with Crippen molar-refractivity contribution in [2.24, 2.45) is 5.11 Å². The summed E-state index contributed by atoms with van der Waals surface area (Å²) in [7, 11) is 0. The molecule has 5 nitrogen and oxygen atoms in total. The van der Waals surface area contributed by atoms with Crippen LogP contribution >= 0.6 is 0 Å². The van der Waals surface area contributed by atoms with Crippen molar-refractivity contribution < 1.29 is 0 Å². The van der Waals surface area contributed by atoms with Crippen molar-refractivity contribution in [2.45, 2.75) is 20.4 Å². The molecule has 0 aliphatic heterocycles. The van der Waals surface area contributed by atoms with E-state index in [1.165, 1.54) is 0 Å². The average molecular weight is 165 g/mol. The lowest BCUT2D eigenvalue weighted by molar-refractivity contribution is 0.602. The van der Waals surface area contributed by atoms with Gasteiger partial charge in [-0.15, -0.1) is 0 Å². The van der Waals surface area contributed by atoms with Crippen LogP contribution in [0.15, 0.2) is 11.2 Å². The Balaban J connectivity index is 2.62. The summed E-state index contributed by atoms with van der Waals surface area (Å²) in [6, 6.07) is 2.00. The lowest BCUT2D eigenvalue weighted by Crippen LogP contribution is -2.04. The van der Waals surface area contributed by atoms with E-state index in [1.807, 2.05) is 24.6 Å². The molecular weight excluding hydrogens is 154 g/mol. The van der Waals surface area contributed by atoms with Crippen LogP contribution in [0.1, 0.15) is 11.4 Å². The molecule has 0 aliphatic carbocycles. The Labute approximate surface area is 70.6 Å². The van der Waals surface area contributed by atoms with Crippen molar-refractivity contribution in [3.05, 3.63) is 27.9 Å². The van der Waals surface area contributed by atoms with Gasteiger partial charge in [0.25, 0.3) is 0 Å². The molecule has 0 atom stereocenters. The van der Waals surface area contributed by atoms with Gasteiger partial charge >= 0.3 is 0 Å². The Bertz CT molecular complexity index is 308. The molecule has 0 radical (unpaired) electrons. The summed E-state index contributed by atoms with van der Waals surface area (Å²) in [5.74, 6) is 0. The van der Waals surface area contributed by atoms with Crippen LogP contribution in [-0.4, -0.2) is 16.3 Å². The molecule has 64 valence electrons. The van der Waals surface area contributed by atoms with Gasteiger partial charge in [0.05, 0.1) is 5.69 Å². The molecule has 12 heavy (non-hydrogen) atoms. The number of hydrogen-bond donors (Lipinski definition) is 0. The monoisotopic (exact) mass is 165 g/mol. The molecule has 5 heteroatoms. The van der Waals surface area contributed by atoms with Gasteiger partial charge in [0, 0.05) is 23.7 Å². The van der Waals surface area contributed by atoms with E-state index < -0.39 is 0 Å². The summed E-state index contributed by atoms with van der Waals surface area (Å²) in [5.41, 5.74) is 10.1. The summed E-state index contributed by atoms with van der Waals surface area (Å²) in [6.45, 7) is 5.04. The maximum absolute atomic E-state index is 8.05. The van der Waals surface area contributed by atoms with Gasteiger partial charge in [-0.1, -0.05) is 5.11 Å². The highest BCUT2D eigenvalue weighted by atomic mass is 15.3. The van der Waals surface area contributed by atoms with Crippen molar-refractivity contribution in [2.75, 3.05) is 6.54 Å². The lowest BCUT2D eigenvalue weighted by Gasteiger charge is -1.99. The van der Waals surface area contributed by atoms with Crippen LogP contribution in [0.5, 0.6) is 0 Å². The summed E-state index contributed by atoms with van der Waals surface area (Å²) in [4.78, 5) is 2.67. The molecule has 0 N–H and O–H groups in total. The molecule has 0 spiro atoms. The van der Waals surface area contributed by atoms with Gasteiger partial charge in [-0.2, -0.15) is 5.10 Å². The van der Waals surface area contributed by atoms with Gasteiger partial charge in [-0.25, -0.2) is 0 Å². The van der Waals surface area contributed by atoms with Crippen molar-refractivity contribution >= 4 is 0 Å². The molecule has 0 bridgehead atoms. The first-order valence-electron chi connectivity index (χ1n) is 3.76. The van der Waals surface area contributed by atoms with Gasteiger partial charge in [-0.05, 0) is 25.4 Å². The molecule has 0 aromatic carbocycles. The van der Waals surface area contributed by atoms with Gasteiger partial charge < -0.3 is 0 Å². The Morgan fingerprint density at radius 3 is 2.92 bits per heavy atom. The molecule has 1 heterocycles. The molecule has 0 aliphatic rings. The van der Waals surface area contributed by atoms with Crippen LogP contribution in [-0.2, 0) is 6.54 Å². The number of rotatable bonds is 3. The fraction of sp³-hybridized carbons (Fsp3) is 0.571. The normalized spacial score (nSPS) is 9.50. The highest BCUT2D eigenvalue weighted by molar-refractivity contribution is 5.06. The maximum Gasteiger partial charge on any atom is 0.0596 e. The standard InChI is InChI=1S/C7H11N5/c1-6-5-7(2)12(10-6)4-3-9-11-8/h5H,3-4H2,1-2H3. The molecule has 0 saturated heterocycles. The minimum Gasteiger partial charge on any atom is -0.269 e. The van der Waals surface area contributed by atoms with E-state index >= 15 is 0 Å². The number of nitrogens with zero attached hydrogens (tertiary/aromatic N) is 5. The van der Waals surface area contributed by atoms with E-state index in [4.69, 9.17) is 5.53 Å². The fourth-order valence-electron chi connectivity index (χ4n) is 1.09. The quantitative estimate of drug-likeness (QED) is 0.382. The second kappa shape index (κ2) is 3.78. The third-order valence-electron chi connectivity index (χ3n) is 1.58. The molecule has 1 aromatic rings. The van der Waals surface area contributed by atoms with Gasteiger partial charge in [0.2, 0.25) is 0 Å². The van der Waals surface area contributed by atoms with Crippen LogP contribution in [0.3, 0.4) is 0 Å². The van der Waals surface area contributed by atoms with E-state index in [0.29, 0.717) is 13.1 Å². The summed E-state index contributed by atoms with van der Waals surface area (Å²) >= 11 is 0. The van der Waals surface area contributed by atoms with E-state index in [2.05, 4.69) is 15.1 Å². The highest BCUT2D eigenvalue weighted by Gasteiger charge is 1.98. The van der Waals surface area contributed by atoms with E-state index in [-0.39, 0.29) is 0 Å². The Morgan fingerprint density at radius 2 is 2.42 bits per heavy atom. The number of aromatic nitrogens is 2. The third-order valence-corrected chi connectivity index (χ3v) is 1.58. The van der Waals surface area contributed by atoms with Crippen molar-refractivity contribution in [3.63, 3.8) is 0 Å². The molecule has 1 rings (SSSR count). The van der Waals surface area contributed by atoms with Crippen molar-refractivity contribution in [3.8, 4) is 0 Å². The number of azide groups is 1. The maximum atomic E-state index is 8.05. The van der Waals surface area contributed by atoms with E-state index in [0.717, 1.165) is 11.4 Å². The Morgan fingerprint density at radius 1 is 1.67 bits per heavy atom. The fourth-order valence-corrected chi connectivity index (χ4v) is 1.09. The predicted octanol–water partition coefficient (Wildman–Crippen LogP) is 1.81. The van der Waals surface area contributed by atoms with Crippen LogP contribution in [0.25, 0.3) is 10.4 Å². The zero-order chi connectivity index (χ0) is 8.97. The highest BCUT2D eigenvalue weighted by Crippen LogP contribution is 2.00. The van der Waals surface area contributed by atoms with Crippen LogP contribution in [0.2, 0.25) is 0 Å². The van der Waals surface area contributed by atoms with Gasteiger partial charge in [-0.3, -0.25) is 4.68 Å². The van der Waals surface area contributed by atoms with Crippen molar-refractivity contribution in [1.29, 1.82) is 0 Å². The van der Waals surface area contributed by atoms with Gasteiger partial charge in [0.1, 0.15) is 0 Å². The van der Waals surface area contributed by atoms with E-state index in [1.54, 1.807) is 0 Å². The van der Waals surface area contributed by atoms with Crippen molar-refractivity contribution in [1.82, 2.24) is 9.78 Å². The molecular formula is C7H11N5. The Hall–Kier alpha value is -1.48. The smallest absolute Gasteiger partial charge is 0.0596 e. The van der Waals surface area contributed by atoms with Crippen LogP contribution in [0, 0.1) is 13.8 Å². The zero-order valence-electron chi connectivity index (χ0n) is 7.23. The number of hydrogen-bond acceptors (Lipinski definition) is 2. The molecule has 0 fully saturated rings. The van der Waals surface area contributed by atoms with Crippen LogP contribution in [0.4, 0.5) is 0 Å². The lowest BCUT2D eigenvalue weighted by atomic mass is 10.4. The first kappa shape index (κ1) is 8.62. The molecule has 0 saturated carbocycles. The SMILES string of the molecule is Cc1cc(C)n(CCN=[N+]=[N-])n1. The summed E-state index contributed by atoms with van der Waals surface area (Å²) in [6.07, 6.45) is 0. The molecule has 1 aromatic heterocycles. The topological polar surface area (TPSA) is 66.6 Å². The minimum atomic E-state index is 0.457. The minimum absolute atomic E-state index is 0.457. The van der Waals surface area contributed by atoms with E-state index in [9.17, 15) is 0 Å². The molecule has 0 unspecified atom stereocenters. The predicted molar refractivity (Wildman–Crippen MR) is 45.7 cm³/mol. The third kappa shape index (κ3) is 2.00. The first-order chi connectivity index (χ1) is 5.74. The Kier molecular flexibility index (Phi) is 2.71. The largest absolute Gasteiger partial charge is 0.269 e. The second-order valence-corrected chi connectivity index (χ2v) is 2.60.